The van der Waals surface area contributed by atoms with Crippen molar-refractivity contribution in [3.8, 4) is 17.2 Å². The number of rotatable bonds is 7. The lowest BCUT2D eigenvalue weighted by molar-refractivity contribution is 0.0308. The van der Waals surface area contributed by atoms with E-state index < -0.39 is 0 Å². The summed E-state index contributed by atoms with van der Waals surface area (Å²) in [4.78, 5) is 5.02. The second kappa shape index (κ2) is 9.44. The SMILES string of the molecule is COc1cc(CN2CCCO[C@@H](CN3CCCC3)C2)cc(OC)c1OC. The summed E-state index contributed by atoms with van der Waals surface area (Å²) in [5.41, 5.74) is 1.17. The molecule has 0 spiro atoms. The summed E-state index contributed by atoms with van der Waals surface area (Å²) in [7, 11) is 4.95. The Balaban J connectivity index is 1.68. The van der Waals surface area contributed by atoms with Crippen LogP contribution in [0.2, 0.25) is 0 Å². The summed E-state index contributed by atoms with van der Waals surface area (Å²) in [5.74, 6) is 2.06. The second-order valence-electron chi connectivity index (χ2n) is 7.12. The van der Waals surface area contributed by atoms with Crippen LogP contribution in [0.5, 0.6) is 17.2 Å². The summed E-state index contributed by atoms with van der Waals surface area (Å²) in [6.45, 7) is 7.20. The van der Waals surface area contributed by atoms with Crippen LogP contribution in [0.1, 0.15) is 24.8 Å². The van der Waals surface area contributed by atoms with Crippen LogP contribution in [0.4, 0.5) is 0 Å². The molecule has 2 heterocycles. The van der Waals surface area contributed by atoms with E-state index in [0.717, 1.165) is 39.2 Å². The number of ether oxygens (including phenoxy) is 4. The average Bonchev–Trinajstić information content (AvgIpc) is 3.07. The molecule has 0 amide bonds. The average molecular weight is 364 g/mol. The molecule has 146 valence electrons. The highest BCUT2D eigenvalue weighted by molar-refractivity contribution is 5.53. The zero-order valence-corrected chi connectivity index (χ0v) is 16.3. The topological polar surface area (TPSA) is 43.4 Å². The van der Waals surface area contributed by atoms with Crippen molar-refractivity contribution in [1.82, 2.24) is 9.80 Å². The first-order valence-electron chi connectivity index (χ1n) is 9.58. The van der Waals surface area contributed by atoms with Gasteiger partial charge in [-0.15, -0.1) is 0 Å². The van der Waals surface area contributed by atoms with Gasteiger partial charge in [0.05, 0.1) is 27.4 Å². The summed E-state index contributed by atoms with van der Waals surface area (Å²) >= 11 is 0. The fourth-order valence-corrected chi connectivity index (χ4v) is 3.96. The monoisotopic (exact) mass is 364 g/mol. The first-order valence-corrected chi connectivity index (χ1v) is 9.58. The first-order chi connectivity index (χ1) is 12.7. The maximum Gasteiger partial charge on any atom is 0.203 e. The van der Waals surface area contributed by atoms with Crippen LogP contribution in [0.25, 0.3) is 0 Å². The lowest BCUT2D eigenvalue weighted by atomic mass is 10.1. The third-order valence-electron chi connectivity index (χ3n) is 5.23. The van der Waals surface area contributed by atoms with Gasteiger partial charge in [-0.2, -0.15) is 0 Å². The highest BCUT2D eigenvalue weighted by Crippen LogP contribution is 2.38. The predicted molar refractivity (Wildman–Crippen MR) is 101 cm³/mol. The number of nitrogens with zero attached hydrogens (tertiary/aromatic N) is 2. The van der Waals surface area contributed by atoms with Gasteiger partial charge in [0.25, 0.3) is 0 Å². The number of likely N-dealkylation sites (tertiary alicyclic amines) is 1. The minimum absolute atomic E-state index is 0.289. The van der Waals surface area contributed by atoms with E-state index >= 15 is 0 Å². The zero-order chi connectivity index (χ0) is 18.4. The van der Waals surface area contributed by atoms with Gasteiger partial charge in [-0.05, 0) is 50.0 Å². The third kappa shape index (κ3) is 4.81. The quantitative estimate of drug-likeness (QED) is 0.740. The van der Waals surface area contributed by atoms with Gasteiger partial charge < -0.3 is 23.8 Å². The Morgan fingerprint density at radius 2 is 1.58 bits per heavy atom. The molecule has 2 saturated heterocycles. The van der Waals surface area contributed by atoms with E-state index in [1.165, 1.54) is 31.5 Å². The molecule has 0 aromatic heterocycles. The Kier molecular flexibility index (Phi) is 7.00. The second-order valence-corrected chi connectivity index (χ2v) is 7.12. The van der Waals surface area contributed by atoms with Crippen LogP contribution < -0.4 is 14.2 Å². The van der Waals surface area contributed by atoms with E-state index in [2.05, 4.69) is 9.80 Å². The highest BCUT2D eigenvalue weighted by atomic mass is 16.5. The van der Waals surface area contributed by atoms with E-state index in [1.54, 1.807) is 21.3 Å². The summed E-state index contributed by atoms with van der Waals surface area (Å²) in [6.07, 6.45) is 4.00. The minimum atomic E-state index is 0.289. The van der Waals surface area contributed by atoms with Gasteiger partial charge >= 0.3 is 0 Å². The van der Waals surface area contributed by atoms with Crippen LogP contribution in [-0.2, 0) is 11.3 Å². The number of hydrogen-bond donors (Lipinski definition) is 0. The van der Waals surface area contributed by atoms with Crippen molar-refractivity contribution in [3.63, 3.8) is 0 Å². The van der Waals surface area contributed by atoms with Crippen LogP contribution >= 0.6 is 0 Å². The van der Waals surface area contributed by atoms with Crippen molar-refractivity contribution in [2.75, 3.05) is 60.7 Å². The molecule has 6 nitrogen and oxygen atoms in total. The minimum Gasteiger partial charge on any atom is -0.493 e. The van der Waals surface area contributed by atoms with Crippen LogP contribution in [-0.4, -0.2) is 76.6 Å². The number of hydrogen-bond acceptors (Lipinski definition) is 6. The standard InChI is InChI=1S/C20H32N2O4/c1-23-18-11-16(12-19(24-2)20(18)25-3)13-22-9-6-10-26-17(15-22)14-21-7-4-5-8-21/h11-12,17H,4-10,13-15H2,1-3H3/t17-/m0/s1. The smallest absolute Gasteiger partial charge is 0.203 e. The Hall–Kier alpha value is -1.50. The van der Waals surface area contributed by atoms with Gasteiger partial charge in [-0.1, -0.05) is 0 Å². The largest absolute Gasteiger partial charge is 0.493 e. The lowest BCUT2D eigenvalue weighted by Gasteiger charge is -2.27. The van der Waals surface area contributed by atoms with Crippen molar-refractivity contribution in [1.29, 1.82) is 0 Å². The van der Waals surface area contributed by atoms with Crippen LogP contribution in [0, 0.1) is 0 Å². The van der Waals surface area contributed by atoms with Crippen molar-refractivity contribution in [3.05, 3.63) is 17.7 Å². The molecular formula is C20H32N2O4. The molecule has 26 heavy (non-hydrogen) atoms. The Morgan fingerprint density at radius 1 is 0.923 bits per heavy atom. The van der Waals surface area contributed by atoms with E-state index in [1.807, 2.05) is 12.1 Å². The van der Waals surface area contributed by atoms with Gasteiger partial charge in [0, 0.05) is 32.8 Å². The van der Waals surface area contributed by atoms with Crippen molar-refractivity contribution in [2.45, 2.75) is 31.9 Å². The Labute approximate surface area is 157 Å². The highest BCUT2D eigenvalue weighted by Gasteiger charge is 2.23. The Bertz CT molecular complexity index is 550. The van der Waals surface area contributed by atoms with Crippen molar-refractivity contribution < 1.29 is 18.9 Å². The van der Waals surface area contributed by atoms with Gasteiger partial charge in [-0.25, -0.2) is 0 Å². The maximum absolute atomic E-state index is 6.11. The third-order valence-corrected chi connectivity index (χ3v) is 5.23. The summed E-state index contributed by atoms with van der Waals surface area (Å²) in [5, 5.41) is 0. The van der Waals surface area contributed by atoms with Crippen molar-refractivity contribution in [2.24, 2.45) is 0 Å². The first kappa shape index (κ1) is 19.3. The summed E-state index contributed by atoms with van der Waals surface area (Å²) in [6, 6.07) is 4.09. The van der Waals surface area contributed by atoms with E-state index in [9.17, 15) is 0 Å². The molecule has 0 unspecified atom stereocenters. The van der Waals surface area contributed by atoms with Crippen molar-refractivity contribution >= 4 is 0 Å². The lowest BCUT2D eigenvalue weighted by Crippen LogP contribution is -2.39. The molecule has 0 aliphatic carbocycles. The van der Waals surface area contributed by atoms with Gasteiger partial charge in [0.15, 0.2) is 11.5 Å². The van der Waals surface area contributed by atoms with Crippen LogP contribution in [0.15, 0.2) is 12.1 Å². The van der Waals surface area contributed by atoms with Crippen LogP contribution in [0.3, 0.4) is 0 Å². The normalized spacial score (nSPS) is 22.2. The molecule has 2 aliphatic rings. The molecule has 0 N–H and O–H groups in total. The van der Waals surface area contributed by atoms with Gasteiger partial charge in [0.1, 0.15) is 0 Å². The molecule has 0 bridgehead atoms. The molecule has 2 fully saturated rings. The fourth-order valence-electron chi connectivity index (χ4n) is 3.96. The number of methoxy groups -OCH3 is 3. The molecule has 6 heteroatoms. The summed E-state index contributed by atoms with van der Waals surface area (Å²) < 4.78 is 22.5. The van der Waals surface area contributed by atoms with E-state index in [4.69, 9.17) is 18.9 Å². The van der Waals surface area contributed by atoms with E-state index in [-0.39, 0.29) is 6.10 Å². The van der Waals surface area contributed by atoms with Gasteiger partial charge in [0.2, 0.25) is 5.75 Å². The predicted octanol–water partition coefficient (Wildman–Crippen LogP) is 2.40. The van der Waals surface area contributed by atoms with Gasteiger partial charge in [-0.3, -0.25) is 4.90 Å². The Morgan fingerprint density at radius 3 is 2.19 bits per heavy atom. The zero-order valence-electron chi connectivity index (χ0n) is 16.3. The molecule has 3 rings (SSSR count). The fraction of sp³-hybridized carbons (Fsp3) is 0.700. The molecule has 2 aliphatic heterocycles. The molecule has 1 atom stereocenters. The molecule has 0 saturated carbocycles. The molecular weight excluding hydrogens is 332 g/mol. The number of benzene rings is 1. The molecule has 0 radical (unpaired) electrons. The van der Waals surface area contributed by atoms with E-state index in [0.29, 0.717) is 17.2 Å². The maximum atomic E-state index is 6.11. The molecule has 1 aromatic carbocycles. The molecule has 1 aromatic rings.